The minimum Gasteiger partial charge on any atom is -0.494 e. The SMILES string of the molecule is CC(C)[Si](C#Cc1c2ccccc2c(C#C[Si](C(C)C)(C(C)C)C(C)C)c2cc3cc(-c4ccc(OCCCCCS)cc4)ccc3cc12)(C(C)C)C(C)C. The second kappa shape index (κ2) is 18.2. The molecule has 0 N–H and O–H groups in total. The van der Waals surface area contributed by atoms with Gasteiger partial charge in [0.2, 0.25) is 0 Å². The molecular formula is C51H66OSSi2. The Kier molecular flexibility index (Phi) is 14.2. The summed E-state index contributed by atoms with van der Waals surface area (Å²) < 4.78 is 6.05. The van der Waals surface area contributed by atoms with Crippen LogP contribution in [0.25, 0.3) is 43.4 Å². The number of ether oxygens (including phenoxy) is 1. The molecule has 0 unspecified atom stereocenters. The van der Waals surface area contributed by atoms with Crippen LogP contribution in [0.4, 0.5) is 0 Å². The largest absolute Gasteiger partial charge is 0.494 e. The highest BCUT2D eigenvalue weighted by molar-refractivity contribution is 7.80. The van der Waals surface area contributed by atoms with E-state index in [1.54, 1.807) is 0 Å². The minimum atomic E-state index is -2.00. The fourth-order valence-electron chi connectivity index (χ4n) is 9.90. The number of hydrogen-bond donors (Lipinski definition) is 1. The summed E-state index contributed by atoms with van der Waals surface area (Å²) in [5.74, 6) is 9.79. The molecule has 5 rings (SSSR count). The molecule has 1 nitrogen and oxygen atoms in total. The molecule has 0 aromatic heterocycles. The van der Waals surface area contributed by atoms with Crippen LogP contribution in [0.3, 0.4) is 0 Å². The molecule has 5 aromatic carbocycles. The van der Waals surface area contributed by atoms with Gasteiger partial charge in [-0.15, -0.1) is 11.1 Å². The predicted molar refractivity (Wildman–Crippen MR) is 253 cm³/mol. The van der Waals surface area contributed by atoms with Crippen molar-refractivity contribution in [3.05, 3.63) is 90.0 Å². The average Bonchev–Trinajstić information content (AvgIpc) is 3.14. The Bertz CT molecular complexity index is 2180. The number of benzene rings is 5. The Morgan fingerprint density at radius 1 is 0.491 bits per heavy atom. The maximum atomic E-state index is 6.05. The van der Waals surface area contributed by atoms with E-state index in [1.807, 2.05) is 0 Å². The van der Waals surface area contributed by atoms with Gasteiger partial charge in [0.05, 0.1) is 6.61 Å². The van der Waals surface area contributed by atoms with Crippen LogP contribution in [-0.4, -0.2) is 28.5 Å². The summed E-state index contributed by atoms with van der Waals surface area (Å²) in [7, 11) is -3.99. The zero-order chi connectivity index (χ0) is 40.1. The summed E-state index contributed by atoms with van der Waals surface area (Å²) in [4.78, 5) is 0. The Morgan fingerprint density at radius 3 is 1.40 bits per heavy atom. The van der Waals surface area contributed by atoms with E-state index in [0.29, 0.717) is 33.2 Å². The van der Waals surface area contributed by atoms with E-state index < -0.39 is 16.1 Å². The maximum Gasteiger partial charge on any atom is 0.146 e. The van der Waals surface area contributed by atoms with Crippen LogP contribution < -0.4 is 4.74 Å². The third kappa shape index (κ3) is 8.64. The number of unbranched alkanes of at least 4 members (excludes halogenated alkanes) is 2. The lowest BCUT2D eigenvalue weighted by atomic mass is 9.90. The molecule has 290 valence electrons. The predicted octanol–water partition coefficient (Wildman–Crippen LogP) is 15.4. The van der Waals surface area contributed by atoms with Crippen LogP contribution in [0.15, 0.2) is 78.9 Å². The quantitative estimate of drug-likeness (QED) is 0.0411. The fourth-order valence-corrected chi connectivity index (χ4v) is 20.5. The number of rotatable bonds is 13. The lowest BCUT2D eigenvalue weighted by Gasteiger charge is -2.38. The molecule has 0 radical (unpaired) electrons. The van der Waals surface area contributed by atoms with Crippen molar-refractivity contribution in [3.8, 4) is 39.8 Å². The van der Waals surface area contributed by atoms with E-state index in [-0.39, 0.29) is 0 Å². The molecule has 0 aliphatic rings. The first-order valence-electron chi connectivity index (χ1n) is 21.0. The summed E-state index contributed by atoms with van der Waals surface area (Å²) >= 11 is 4.33. The van der Waals surface area contributed by atoms with Crippen molar-refractivity contribution in [1.82, 2.24) is 0 Å². The summed E-state index contributed by atoms with van der Waals surface area (Å²) in [5, 5.41) is 7.32. The Balaban J connectivity index is 1.78. The second-order valence-corrected chi connectivity index (χ2v) is 29.3. The van der Waals surface area contributed by atoms with Crippen LogP contribution in [0, 0.1) is 22.9 Å². The maximum absolute atomic E-state index is 6.05. The van der Waals surface area contributed by atoms with Crippen molar-refractivity contribution >= 4 is 61.1 Å². The Labute approximate surface area is 341 Å². The molecule has 0 bridgehead atoms. The molecule has 5 aromatic rings. The van der Waals surface area contributed by atoms with Gasteiger partial charge in [-0.25, -0.2) is 0 Å². The molecule has 0 spiro atoms. The molecule has 0 aliphatic carbocycles. The van der Waals surface area contributed by atoms with Gasteiger partial charge in [0.25, 0.3) is 0 Å². The highest BCUT2D eigenvalue weighted by Crippen LogP contribution is 2.43. The average molecular weight is 783 g/mol. The van der Waals surface area contributed by atoms with Crippen LogP contribution in [0.2, 0.25) is 33.2 Å². The van der Waals surface area contributed by atoms with E-state index in [2.05, 4.69) is 198 Å². The topological polar surface area (TPSA) is 9.23 Å². The Hall–Kier alpha value is -3.42. The van der Waals surface area contributed by atoms with Gasteiger partial charge in [0.15, 0.2) is 0 Å². The number of thiol groups is 1. The van der Waals surface area contributed by atoms with E-state index in [0.717, 1.165) is 48.5 Å². The van der Waals surface area contributed by atoms with Crippen LogP contribution in [-0.2, 0) is 0 Å². The van der Waals surface area contributed by atoms with Crippen molar-refractivity contribution < 1.29 is 4.74 Å². The zero-order valence-electron chi connectivity index (χ0n) is 35.9. The van der Waals surface area contributed by atoms with Gasteiger partial charge in [-0.05, 0) is 132 Å². The molecule has 0 atom stereocenters. The molecule has 4 heteroatoms. The molecule has 0 fully saturated rings. The molecule has 0 saturated carbocycles. The second-order valence-electron chi connectivity index (χ2n) is 17.7. The van der Waals surface area contributed by atoms with Gasteiger partial charge in [0.1, 0.15) is 21.9 Å². The first-order chi connectivity index (χ1) is 26.2. The Morgan fingerprint density at radius 2 is 0.945 bits per heavy atom. The molecule has 0 aliphatic heterocycles. The number of fused-ring (bicyclic) bond motifs is 3. The van der Waals surface area contributed by atoms with E-state index >= 15 is 0 Å². The van der Waals surface area contributed by atoms with E-state index in [1.165, 1.54) is 43.4 Å². The van der Waals surface area contributed by atoms with Gasteiger partial charge in [-0.2, -0.15) is 12.6 Å². The summed E-state index contributed by atoms with van der Waals surface area (Å²) in [6.07, 6.45) is 3.34. The van der Waals surface area contributed by atoms with Crippen molar-refractivity contribution in [3.63, 3.8) is 0 Å². The molecule has 55 heavy (non-hydrogen) atoms. The highest BCUT2D eigenvalue weighted by atomic mass is 32.1. The normalized spacial score (nSPS) is 12.4. The van der Waals surface area contributed by atoms with Gasteiger partial charge in [0, 0.05) is 11.1 Å². The fraction of sp³-hybridized carbons (Fsp3) is 0.451. The summed E-state index contributed by atoms with van der Waals surface area (Å²) in [6, 6.07) is 29.2. The third-order valence-corrected chi connectivity index (χ3v) is 25.7. The number of hydrogen-bond acceptors (Lipinski definition) is 2. The van der Waals surface area contributed by atoms with E-state index in [9.17, 15) is 0 Å². The monoisotopic (exact) mass is 782 g/mol. The summed E-state index contributed by atoms with van der Waals surface area (Å²) in [5.41, 5.74) is 16.3. The summed E-state index contributed by atoms with van der Waals surface area (Å²) in [6.45, 7) is 29.6. The van der Waals surface area contributed by atoms with Crippen molar-refractivity contribution in [2.45, 2.75) is 136 Å². The zero-order valence-corrected chi connectivity index (χ0v) is 38.8. The molecule has 0 amide bonds. The first-order valence-corrected chi connectivity index (χ1v) is 26.1. The highest BCUT2D eigenvalue weighted by Gasteiger charge is 2.43. The van der Waals surface area contributed by atoms with Crippen molar-refractivity contribution in [2.75, 3.05) is 12.4 Å². The van der Waals surface area contributed by atoms with Gasteiger partial charge < -0.3 is 4.74 Å². The van der Waals surface area contributed by atoms with Crippen molar-refractivity contribution in [2.24, 2.45) is 0 Å². The lowest BCUT2D eigenvalue weighted by Crippen LogP contribution is -2.43. The van der Waals surface area contributed by atoms with Crippen LogP contribution in [0.1, 0.15) is 113 Å². The molecule has 0 saturated heterocycles. The first kappa shape index (κ1) is 42.7. The van der Waals surface area contributed by atoms with Gasteiger partial charge in [-0.1, -0.05) is 143 Å². The van der Waals surface area contributed by atoms with Crippen molar-refractivity contribution in [1.29, 1.82) is 0 Å². The standard InChI is InChI=1S/C51H66OSSi2/c1-35(2)54(36(3)4,37(5)6)30-26-48-46-18-14-15-19-47(46)49(27-31-55(38(7)8,39(9)10)40(11)12)51-34-44-32-42(20-21-43(44)33-50(48)51)41-22-24-45(25-23-41)52-28-16-13-17-29-53/h14-15,18-25,32-40,53H,13,16-17,28-29H2,1-12H3. The van der Waals surface area contributed by atoms with Crippen LogP contribution in [0.5, 0.6) is 5.75 Å². The minimum absolute atomic E-state index is 0.557. The smallest absolute Gasteiger partial charge is 0.146 e. The van der Waals surface area contributed by atoms with Gasteiger partial charge >= 0.3 is 0 Å². The molecular weight excluding hydrogens is 717 g/mol. The molecule has 0 heterocycles. The lowest BCUT2D eigenvalue weighted by molar-refractivity contribution is 0.306. The van der Waals surface area contributed by atoms with Gasteiger partial charge in [-0.3, -0.25) is 0 Å². The van der Waals surface area contributed by atoms with E-state index in [4.69, 9.17) is 4.74 Å². The van der Waals surface area contributed by atoms with Crippen LogP contribution >= 0.6 is 12.6 Å². The third-order valence-electron chi connectivity index (χ3n) is 12.8.